The molecule has 0 atom stereocenters. The van der Waals surface area contributed by atoms with E-state index >= 15 is 0 Å². The SMILES string of the molecule is c1ccc2c(c1)-c1ccccc1-c1cccc(-c3cc(-c4ccc5c6ccccc6c6ccncc6c5c4)cc(-c4ccc5c6ccccc6c6ccncc6c5c4)c3)c1-c1ccccc1-2. The van der Waals surface area contributed by atoms with Crippen molar-refractivity contribution in [2.24, 2.45) is 0 Å². The average Bonchev–Trinajstić information content (AvgIpc) is 3.40. The molecule has 0 fully saturated rings. The molecule has 66 heavy (non-hydrogen) atoms. The van der Waals surface area contributed by atoms with Crippen LogP contribution in [0.3, 0.4) is 0 Å². The number of nitrogens with zero attached hydrogens (tertiary/aromatic N) is 2. The van der Waals surface area contributed by atoms with Crippen LogP contribution in [0.25, 0.3) is 143 Å². The first-order chi connectivity index (χ1) is 32.7. The molecule has 1 aliphatic rings. The molecule has 2 nitrogen and oxygen atoms in total. The molecule has 2 heterocycles. The lowest BCUT2D eigenvalue weighted by atomic mass is 9.78. The molecule has 14 rings (SSSR count). The highest BCUT2D eigenvalue weighted by Gasteiger charge is 2.25. The summed E-state index contributed by atoms with van der Waals surface area (Å²) in [5.41, 5.74) is 16.9. The van der Waals surface area contributed by atoms with Crippen molar-refractivity contribution in [1.82, 2.24) is 9.97 Å². The molecule has 0 unspecified atom stereocenters. The number of hydrogen-bond acceptors (Lipinski definition) is 2. The summed E-state index contributed by atoms with van der Waals surface area (Å²) < 4.78 is 0. The monoisotopic (exact) mass is 834 g/mol. The third-order valence-corrected chi connectivity index (χ3v) is 14.2. The average molecular weight is 835 g/mol. The van der Waals surface area contributed by atoms with Gasteiger partial charge in [-0.3, -0.25) is 9.97 Å². The van der Waals surface area contributed by atoms with Crippen molar-refractivity contribution in [2.45, 2.75) is 0 Å². The van der Waals surface area contributed by atoms with E-state index in [4.69, 9.17) is 0 Å². The van der Waals surface area contributed by atoms with Crippen LogP contribution in [0, 0.1) is 0 Å². The zero-order valence-corrected chi connectivity index (χ0v) is 35.8. The Morgan fingerprint density at radius 3 is 1.03 bits per heavy atom. The molecular weight excluding hydrogens is 797 g/mol. The predicted molar refractivity (Wildman–Crippen MR) is 279 cm³/mol. The van der Waals surface area contributed by atoms with Crippen LogP contribution < -0.4 is 0 Å². The standard InChI is InChI=1S/C64H38N2/c1-2-13-46-45(12-1)47-14-7-8-19-53(47)59-23-11-22-44(64(59)58-21-10-9-20-52(46)58)43-33-41(39-24-26-54-48-15-3-5-17-50(48)56-28-30-65-37-62(56)60(54)35-39)32-42(34-43)40-25-27-55-49-16-4-6-18-51(49)57-29-31-66-38-63(57)61(55)36-40/h1-38H. The third-order valence-electron chi connectivity index (χ3n) is 14.2. The van der Waals surface area contributed by atoms with Gasteiger partial charge in [-0.05, 0) is 174 Å². The van der Waals surface area contributed by atoms with Crippen LogP contribution in [0.2, 0.25) is 0 Å². The van der Waals surface area contributed by atoms with E-state index in [9.17, 15) is 0 Å². The van der Waals surface area contributed by atoms with E-state index in [0.717, 1.165) is 38.6 Å². The minimum absolute atomic E-state index is 1.15. The first kappa shape index (κ1) is 36.7. The van der Waals surface area contributed by atoms with Crippen LogP contribution in [0.5, 0.6) is 0 Å². The maximum absolute atomic E-state index is 4.64. The van der Waals surface area contributed by atoms with Crippen molar-refractivity contribution >= 4 is 64.6 Å². The largest absolute Gasteiger partial charge is 0.264 e. The van der Waals surface area contributed by atoms with Crippen LogP contribution >= 0.6 is 0 Å². The molecule has 0 aliphatic heterocycles. The van der Waals surface area contributed by atoms with Gasteiger partial charge in [-0.2, -0.15) is 0 Å². The van der Waals surface area contributed by atoms with Gasteiger partial charge >= 0.3 is 0 Å². The molecule has 13 aromatic rings. The normalized spacial score (nSPS) is 11.9. The smallest absolute Gasteiger partial charge is 0.0352 e. The molecular formula is C64H38N2. The minimum atomic E-state index is 1.15. The molecule has 11 aromatic carbocycles. The Kier molecular flexibility index (Phi) is 8.02. The molecule has 2 aromatic heterocycles. The van der Waals surface area contributed by atoms with E-state index in [1.807, 2.05) is 24.8 Å². The van der Waals surface area contributed by atoms with Gasteiger partial charge < -0.3 is 0 Å². The van der Waals surface area contributed by atoms with Crippen molar-refractivity contribution in [3.05, 3.63) is 231 Å². The number of hydrogen-bond donors (Lipinski definition) is 0. The Bertz CT molecular complexity index is 3930. The topological polar surface area (TPSA) is 25.8 Å². The van der Waals surface area contributed by atoms with Gasteiger partial charge in [0.25, 0.3) is 0 Å². The van der Waals surface area contributed by atoms with Gasteiger partial charge in [0.1, 0.15) is 0 Å². The van der Waals surface area contributed by atoms with Crippen LogP contribution in [0.4, 0.5) is 0 Å². The van der Waals surface area contributed by atoms with Gasteiger partial charge in [0.15, 0.2) is 0 Å². The van der Waals surface area contributed by atoms with Gasteiger partial charge in [-0.25, -0.2) is 0 Å². The predicted octanol–water partition coefficient (Wildman–Crippen LogP) is 17.4. The lowest BCUT2D eigenvalue weighted by Crippen LogP contribution is -1.99. The van der Waals surface area contributed by atoms with Crippen molar-refractivity contribution < 1.29 is 0 Å². The Morgan fingerprint density at radius 1 is 0.197 bits per heavy atom. The zero-order chi connectivity index (χ0) is 43.3. The molecule has 0 amide bonds. The Hall–Kier alpha value is -8.72. The number of pyridine rings is 2. The fourth-order valence-electron chi connectivity index (χ4n) is 11.2. The second-order valence-electron chi connectivity index (χ2n) is 17.6. The third kappa shape index (κ3) is 5.49. The zero-order valence-electron chi connectivity index (χ0n) is 35.8. The summed E-state index contributed by atoms with van der Waals surface area (Å²) >= 11 is 0. The molecule has 304 valence electrons. The first-order valence-electron chi connectivity index (χ1n) is 22.7. The second-order valence-corrected chi connectivity index (χ2v) is 17.6. The minimum Gasteiger partial charge on any atom is -0.264 e. The van der Waals surface area contributed by atoms with Gasteiger partial charge in [-0.15, -0.1) is 0 Å². The number of fused-ring (bicyclic) bond motifs is 20. The lowest BCUT2D eigenvalue weighted by Gasteiger charge is -2.25. The summed E-state index contributed by atoms with van der Waals surface area (Å²) in [5.74, 6) is 0. The quantitative estimate of drug-likeness (QED) is 0.166. The van der Waals surface area contributed by atoms with E-state index in [2.05, 4.69) is 216 Å². The summed E-state index contributed by atoms with van der Waals surface area (Å²) in [6.45, 7) is 0. The highest BCUT2D eigenvalue weighted by molar-refractivity contribution is 6.27. The molecule has 0 bridgehead atoms. The van der Waals surface area contributed by atoms with Crippen LogP contribution in [0.15, 0.2) is 231 Å². The molecule has 0 saturated heterocycles. The van der Waals surface area contributed by atoms with Gasteiger partial charge in [0.2, 0.25) is 0 Å². The Balaban J connectivity index is 1.07. The first-order valence-corrected chi connectivity index (χ1v) is 22.7. The van der Waals surface area contributed by atoms with Gasteiger partial charge in [0.05, 0.1) is 0 Å². The van der Waals surface area contributed by atoms with E-state index in [-0.39, 0.29) is 0 Å². The number of aromatic nitrogens is 2. The van der Waals surface area contributed by atoms with Gasteiger partial charge in [-0.1, -0.05) is 164 Å². The molecule has 0 radical (unpaired) electrons. The fraction of sp³-hybridized carbons (Fsp3) is 0. The van der Waals surface area contributed by atoms with Gasteiger partial charge in [0, 0.05) is 35.6 Å². The molecule has 0 saturated carbocycles. The fourth-order valence-corrected chi connectivity index (χ4v) is 11.2. The summed E-state index contributed by atoms with van der Waals surface area (Å²) in [6.07, 6.45) is 7.88. The Labute approximate surface area is 381 Å². The van der Waals surface area contributed by atoms with Crippen molar-refractivity contribution in [3.8, 4) is 77.9 Å². The molecule has 0 spiro atoms. The second kappa shape index (κ2) is 14.4. The highest BCUT2D eigenvalue weighted by Crippen LogP contribution is 2.51. The van der Waals surface area contributed by atoms with E-state index < -0.39 is 0 Å². The van der Waals surface area contributed by atoms with Crippen molar-refractivity contribution in [1.29, 1.82) is 0 Å². The summed E-state index contributed by atoms with van der Waals surface area (Å²) in [4.78, 5) is 9.29. The summed E-state index contributed by atoms with van der Waals surface area (Å²) in [7, 11) is 0. The lowest BCUT2D eigenvalue weighted by molar-refractivity contribution is 1.37. The van der Waals surface area contributed by atoms with E-state index in [1.165, 1.54) is 104 Å². The van der Waals surface area contributed by atoms with Crippen LogP contribution in [-0.4, -0.2) is 9.97 Å². The maximum atomic E-state index is 4.64. The van der Waals surface area contributed by atoms with Crippen molar-refractivity contribution in [2.75, 3.05) is 0 Å². The van der Waals surface area contributed by atoms with Crippen LogP contribution in [0.1, 0.15) is 0 Å². The Morgan fingerprint density at radius 2 is 0.545 bits per heavy atom. The summed E-state index contributed by atoms with van der Waals surface area (Å²) in [6, 6.07) is 76.7. The maximum Gasteiger partial charge on any atom is 0.0352 e. The molecule has 0 N–H and O–H groups in total. The van der Waals surface area contributed by atoms with Crippen LogP contribution in [-0.2, 0) is 0 Å². The summed E-state index contributed by atoms with van der Waals surface area (Å²) in [5, 5.41) is 14.6. The molecule has 1 aliphatic carbocycles. The number of benzene rings is 11. The van der Waals surface area contributed by atoms with E-state index in [0.29, 0.717) is 0 Å². The molecule has 2 heteroatoms. The highest BCUT2D eigenvalue weighted by atomic mass is 14.6. The van der Waals surface area contributed by atoms with E-state index in [1.54, 1.807) is 0 Å². The number of rotatable bonds is 3. The van der Waals surface area contributed by atoms with Crippen molar-refractivity contribution in [3.63, 3.8) is 0 Å².